The summed E-state index contributed by atoms with van der Waals surface area (Å²) in [6.07, 6.45) is 0. The van der Waals surface area contributed by atoms with Crippen LogP contribution in [0.5, 0.6) is 11.5 Å². The van der Waals surface area contributed by atoms with Crippen molar-refractivity contribution in [2.24, 2.45) is 0 Å². The number of ether oxygens (including phenoxy) is 2. The number of rotatable bonds is 7. The van der Waals surface area contributed by atoms with Gasteiger partial charge in [0.05, 0.1) is 11.6 Å². The summed E-state index contributed by atoms with van der Waals surface area (Å²) in [5.41, 5.74) is 1.98. The minimum Gasteiger partial charge on any atom is -0.490 e. The Kier molecular flexibility index (Phi) is 7.54. The highest BCUT2D eigenvalue weighted by atomic mass is 35.5. The molecule has 2 aromatic rings. The highest BCUT2D eigenvalue weighted by Crippen LogP contribution is 2.37. The molecule has 0 aliphatic carbocycles. The van der Waals surface area contributed by atoms with Gasteiger partial charge in [0.1, 0.15) is 11.6 Å². The van der Waals surface area contributed by atoms with Crippen molar-refractivity contribution in [3.8, 4) is 11.5 Å². The van der Waals surface area contributed by atoms with Crippen molar-refractivity contribution in [3.63, 3.8) is 0 Å². The summed E-state index contributed by atoms with van der Waals surface area (Å²) in [7, 11) is 0. The van der Waals surface area contributed by atoms with Crippen LogP contribution in [0.2, 0.25) is 5.02 Å². The van der Waals surface area contributed by atoms with E-state index in [1.165, 1.54) is 0 Å². The van der Waals surface area contributed by atoms with Crippen LogP contribution in [0.4, 0.5) is 0 Å². The standard InChI is InChI=1S/C22H27ClN2O2S/c1-3-24-10-12-25(13-11-24)22(28)18-14-19(23)21(20(15-18)26-4-2)27-16-17-8-6-5-7-9-17/h5-9,14-15H,3-4,10-13,16H2,1-2H3. The van der Waals surface area contributed by atoms with Gasteiger partial charge in [-0.1, -0.05) is 61.1 Å². The van der Waals surface area contributed by atoms with Crippen molar-refractivity contribution in [1.82, 2.24) is 9.80 Å². The molecule has 28 heavy (non-hydrogen) atoms. The topological polar surface area (TPSA) is 24.9 Å². The molecule has 0 N–H and O–H groups in total. The van der Waals surface area contributed by atoms with E-state index in [9.17, 15) is 0 Å². The summed E-state index contributed by atoms with van der Waals surface area (Å²) in [5, 5.41) is 0.520. The number of nitrogens with zero attached hydrogens (tertiary/aromatic N) is 2. The van der Waals surface area contributed by atoms with Crippen LogP contribution in [0.3, 0.4) is 0 Å². The molecule has 4 nitrogen and oxygen atoms in total. The van der Waals surface area contributed by atoms with Gasteiger partial charge in [0, 0.05) is 31.7 Å². The van der Waals surface area contributed by atoms with Gasteiger partial charge in [0.2, 0.25) is 0 Å². The van der Waals surface area contributed by atoms with E-state index < -0.39 is 0 Å². The molecule has 0 atom stereocenters. The van der Waals surface area contributed by atoms with E-state index in [0.29, 0.717) is 29.7 Å². The number of hydrogen-bond acceptors (Lipinski definition) is 4. The summed E-state index contributed by atoms with van der Waals surface area (Å²) in [5.74, 6) is 1.20. The van der Waals surface area contributed by atoms with Gasteiger partial charge in [-0.3, -0.25) is 0 Å². The summed E-state index contributed by atoms with van der Waals surface area (Å²) in [6, 6.07) is 13.8. The second-order valence-corrected chi connectivity index (χ2v) is 7.51. The van der Waals surface area contributed by atoms with Gasteiger partial charge in [-0.2, -0.15) is 0 Å². The minimum absolute atomic E-state index is 0.434. The lowest BCUT2D eigenvalue weighted by molar-refractivity contribution is 0.192. The number of benzene rings is 2. The van der Waals surface area contributed by atoms with Crippen LogP contribution in [-0.2, 0) is 6.61 Å². The molecule has 0 aromatic heterocycles. The molecule has 3 rings (SSSR count). The summed E-state index contributed by atoms with van der Waals surface area (Å²) in [4.78, 5) is 5.49. The van der Waals surface area contributed by atoms with E-state index in [0.717, 1.165) is 48.8 Å². The summed E-state index contributed by atoms with van der Waals surface area (Å²) < 4.78 is 11.8. The minimum atomic E-state index is 0.434. The Labute approximate surface area is 178 Å². The molecule has 1 saturated heterocycles. The molecule has 0 radical (unpaired) electrons. The van der Waals surface area contributed by atoms with Crippen LogP contribution in [0, 0.1) is 0 Å². The molecule has 2 aromatic carbocycles. The Balaban J connectivity index is 1.77. The van der Waals surface area contributed by atoms with Gasteiger partial charge >= 0.3 is 0 Å². The third-order valence-corrected chi connectivity index (χ3v) is 5.66. The van der Waals surface area contributed by atoms with Crippen molar-refractivity contribution in [2.75, 3.05) is 39.3 Å². The van der Waals surface area contributed by atoms with E-state index in [1.807, 2.05) is 49.4 Å². The Bertz CT molecular complexity index is 793. The van der Waals surface area contributed by atoms with Crippen LogP contribution in [0.1, 0.15) is 25.0 Å². The van der Waals surface area contributed by atoms with E-state index in [2.05, 4.69) is 16.7 Å². The van der Waals surface area contributed by atoms with Crippen LogP contribution in [0.25, 0.3) is 0 Å². The molecular weight excluding hydrogens is 392 g/mol. The normalized spacial score (nSPS) is 14.8. The average Bonchev–Trinajstić information content (AvgIpc) is 2.73. The van der Waals surface area contributed by atoms with Gasteiger partial charge < -0.3 is 19.3 Å². The average molecular weight is 419 g/mol. The molecule has 1 aliphatic heterocycles. The van der Waals surface area contributed by atoms with Crippen molar-refractivity contribution in [2.45, 2.75) is 20.5 Å². The van der Waals surface area contributed by atoms with Gasteiger partial charge in [-0.15, -0.1) is 0 Å². The molecule has 0 amide bonds. The van der Waals surface area contributed by atoms with E-state index in [1.54, 1.807) is 0 Å². The smallest absolute Gasteiger partial charge is 0.180 e. The highest BCUT2D eigenvalue weighted by Gasteiger charge is 2.21. The first-order chi connectivity index (χ1) is 13.6. The van der Waals surface area contributed by atoms with E-state index in [-0.39, 0.29) is 0 Å². The fraction of sp³-hybridized carbons (Fsp3) is 0.409. The third-order valence-electron chi connectivity index (χ3n) is 4.89. The maximum atomic E-state index is 6.57. The van der Waals surface area contributed by atoms with Crippen molar-refractivity contribution >= 4 is 28.8 Å². The molecule has 1 heterocycles. The zero-order valence-electron chi connectivity index (χ0n) is 16.5. The first-order valence-electron chi connectivity index (χ1n) is 9.77. The molecule has 1 fully saturated rings. The fourth-order valence-corrected chi connectivity index (χ4v) is 3.84. The van der Waals surface area contributed by atoms with Crippen molar-refractivity contribution < 1.29 is 9.47 Å². The van der Waals surface area contributed by atoms with Gasteiger partial charge in [-0.05, 0) is 31.2 Å². The number of hydrogen-bond donors (Lipinski definition) is 0. The fourth-order valence-electron chi connectivity index (χ4n) is 3.27. The maximum absolute atomic E-state index is 6.57. The Hall–Kier alpha value is -1.82. The Morgan fingerprint density at radius 3 is 2.39 bits per heavy atom. The van der Waals surface area contributed by atoms with Crippen molar-refractivity contribution in [1.29, 1.82) is 0 Å². The quantitative estimate of drug-likeness (QED) is 0.610. The maximum Gasteiger partial charge on any atom is 0.180 e. The monoisotopic (exact) mass is 418 g/mol. The molecule has 6 heteroatoms. The zero-order chi connectivity index (χ0) is 19.9. The Morgan fingerprint density at radius 2 is 1.75 bits per heavy atom. The summed E-state index contributed by atoms with van der Waals surface area (Å²) in [6.45, 7) is 10.1. The first kappa shape index (κ1) is 20.9. The van der Waals surface area contributed by atoms with E-state index in [4.69, 9.17) is 33.3 Å². The number of likely N-dealkylation sites (N-methyl/N-ethyl adjacent to an activating group) is 1. The number of piperazine rings is 1. The molecular formula is C22H27ClN2O2S. The lowest BCUT2D eigenvalue weighted by Gasteiger charge is -2.35. The Morgan fingerprint density at radius 1 is 1.04 bits per heavy atom. The molecule has 0 saturated carbocycles. The molecule has 0 bridgehead atoms. The summed E-state index contributed by atoms with van der Waals surface area (Å²) >= 11 is 12.3. The molecule has 150 valence electrons. The second-order valence-electron chi connectivity index (χ2n) is 6.72. The zero-order valence-corrected chi connectivity index (χ0v) is 18.1. The predicted octanol–water partition coefficient (Wildman–Crippen LogP) is 4.63. The number of halogens is 1. The largest absolute Gasteiger partial charge is 0.490 e. The highest BCUT2D eigenvalue weighted by molar-refractivity contribution is 7.80. The molecule has 0 unspecified atom stereocenters. The second kappa shape index (κ2) is 10.1. The molecule has 1 aliphatic rings. The van der Waals surface area contributed by atoms with Crippen molar-refractivity contribution in [3.05, 3.63) is 58.6 Å². The van der Waals surface area contributed by atoms with Crippen LogP contribution < -0.4 is 9.47 Å². The van der Waals surface area contributed by atoms with Crippen LogP contribution in [-0.4, -0.2) is 54.1 Å². The third kappa shape index (κ3) is 5.16. The SMILES string of the molecule is CCOc1cc(C(=S)N2CCN(CC)CC2)cc(Cl)c1OCc1ccccc1. The lowest BCUT2D eigenvalue weighted by Crippen LogP contribution is -2.48. The van der Waals surface area contributed by atoms with Gasteiger partial charge in [-0.25, -0.2) is 0 Å². The van der Waals surface area contributed by atoms with Gasteiger partial charge in [0.15, 0.2) is 11.5 Å². The van der Waals surface area contributed by atoms with E-state index >= 15 is 0 Å². The first-order valence-corrected chi connectivity index (χ1v) is 10.6. The number of thiocarbonyl (C=S) groups is 1. The predicted molar refractivity (Wildman–Crippen MR) is 119 cm³/mol. The lowest BCUT2D eigenvalue weighted by atomic mass is 10.1. The van der Waals surface area contributed by atoms with Gasteiger partial charge in [0.25, 0.3) is 0 Å². The van der Waals surface area contributed by atoms with Crippen LogP contribution in [0.15, 0.2) is 42.5 Å². The molecule has 0 spiro atoms. The van der Waals surface area contributed by atoms with Crippen LogP contribution >= 0.6 is 23.8 Å².